The van der Waals surface area contributed by atoms with Crippen LogP contribution in [0.4, 0.5) is 19.1 Å². The number of fused-ring (bicyclic) bond motifs is 2. The minimum atomic E-state index is -4.42. The Labute approximate surface area is 198 Å². The van der Waals surface area contributed by atoms with Gasteiger partial charge in [-0.2, -0.15) is 13.2 Å². The van der Waals surface area contributed by atoms with Crippen LogP contribution in [-0.2, 0) is 12.7 Å². The predicted octanol–water partition coefficient (Wildman–Crippen LogP) is 5.21. The van der Waals surface area contributed by atoms with Crippen LogP contribution in [0.5, 0.6) is 0 Å². The molecule has 0 saturated carbocycles. The van der Waals surface area contributed by atoms with E-state index in [4.69, 9.17) is 0 Å². The molecule has 2 aromatic carbocycles. The van der Waals surface area contributed by atoms with Crippen LogP contribution in [0.1, 0.15) is 21.6 Å². The average molecular weight is 478 g/mol. The Morgan fingerprint density at radius 3 is 2.60 bits per heavy atom. The number of rotatable bonds is 5. The molecule has 3 aromatic heterocycles. The lowest BCUT2D eigenvalue weighted by molar-refractivity contribution is -0.137. The van der Waals surface area contributed by atoms with Crippen LogP contribution in [-0.4, -0.2) is 44.3 Å². The average Bonchev–Trinajstić information content (AvgIpc) is 3.40. The van der Waals surface area contributed by atoms with Crippen molar-refractivity contribution in [3.63, 3.8) is 0 Å². The van der Waals surface area contributed by atoms with E-state index in [9.17, 15) is 18.0 Å². The molecular formula is C25H21F3N6O. The van der Waals surface area contributed by atoms with Crippen molar-refractivity contribution < 1.29 is 18.0 Å². The topological polar surface area (TPSA) is 78.3 Å². The van der Waals surface area contributed by atoms with Gasteiger partial charge >= 0.3 is 6.18 Å². The van der Waals surface area contributed by atoms with Crippen LogP contribution in [0.2, 0.25) is 0 Å². The number of carbonyl (C=O) groups excluding carboxylic acids is 1. The van der Waals surface area contributed by atoms with Gasteiger partial charge in [-0.05, 0) is 61.1 Å². The Morgan fingerprint density at radius 2 is 1.83 bits per heavy atom. The molecule has 5 aromatic rings. The normalized spacial score (nSPS) is 12.1. The highest BCUT2D eigenvalue weighted by molar-refractivity contribution is 6.03. The van der Waals surface area contributed by atoms with Crippen LogP contribution in [0.25, 0.3) is 27.8 Å². The summed E-state index contributed by atoms with van der Waals surface area (Å²) in [6, 6.07) is 14.0. The first-order valence-corrected chi connectivity index (χ1v) is 10.8. The van der Waals surface area contributed by atoms with E-state index in [2.05, 4.69) is 20.3 Å². The predicted molar refractivity (Wildman–Crippen MR) is 127 cm³/mol. The van der Waals surface area contributed by atoms with Crippen LogP contribution in [0, 0.1) is 0 Å². The number of aromatic nitrogens is 4. The minimum absolute atomic E-state index is 0.219. The van der Waals surface area contributed by atoms with E-state index in [1.165, 1.54) is 6.07 Å². The Bertz CT molecular complexity index is 1550. The molecule has 0 unspecified atom stereocenters. The fourth-order valence-electron chi connectivity index (χ4n) is 3.90. The smallest absolute Gasteiger partial charge is 0.324 e. The van der Waals surface area contributed by atoms with Gasteiger partial charge in [-0.1, -0.05) is 24.3 Å². The Hall–Kier alpha value is -4.18. The number of anilines is 1. The molecule has 0 bridgehead atoms. The van der Waals surface area contributed by atoms with Gasteiger partial charge in [0.1, 0.15) is 11.3 Å². The van der Waals surface area contributed by atoms with E-state index in [0.29, 0.717) is 27.8 Å². The van der Waals surface area contributed by atoms with Crippen LogP contribution in [0.15, 0.2) is 67.0 Å². The number of imidazole rings is 2. The number of alkyl halides is 3. The number of carbonyl (C=O) groups is 1. The number of pyridine rings is 1. The number of hydrogen-bond donors (Lipinski definition) is 2. The summed E-state index contributed by atoms with van der Waals surface area (Å²) in [4.78, 5) is 26.6. The Morgan fingerprint density at radius 1 is 1.03 bits per heavy atom. The first-order chi connectivity index (χ1) is 16.7. The van der Waals surface area contributed by atoms with Gasteiger partial charge in [0.2, 0.25) is 5.95 Å². The number of benzene rings is 2. The van der Waals surface area contributed by atoms with Crippen molar-refractivity contribution in [2.24, 2.45) is 0 Å². The molecular weight excluding hydrogens is 457 g/mol. The molecule has 2 N–H and O–H groups in total. The molecule has 35 heavy (non-hydrogen) atoms. The van der Waals surface area contributed by atoms with Gasteiger partial charge in [0.15, 0.2) is 0 Å². The molecule has 0 aliphatic heterocycles. The van der Waals surface area contributed by atoms with Gasteiger partial charge in [0, 0.05) is 18.9 Å². The fraction of sp³-hybridized carbons (Fsp3) is 0.160. The molecule has 0 fully saturated rings. The summed E-state index contributed by atoms with van der Waals surface area (Å²) >= 11 is 0. The maximum atomic E-state index is 13.1. The van der Waals surface area contributed by atoms with Crippen molar-refractivity contribution in [2.75, 3.05) is 19.4 Å². The highest BCUT2D eigenvalue weighted by Crippen LogP contribution is 2.33. The van der Waals surface area contributed by atoms with E-state index in [-0.39, 0.29) is 11.6 Å². The maximum Gasteiger partial charge on any atom is 0.416 e. The van der Waals surface area contributed by atoms with Gasteiger partial charge in [0.25, 0.3) is 5.91 Å². The number of hydrogen-bond acceptors (Lipinski definition) is 4. The second-order valence-corrected chi connectivity index (χ2v) is 8.52. The van der Waals surface area contributed by atoms with E-state index in [0.717, 1.165) is 24.2 Å². The van der Waals surface area contributed by atoms with Crippen LogP contribution < -0.4 is 5.32 Å². The summed E-state index contributed by atoms with van der Waals surface area (Å²) in [5.74, 6) is -0.212. The minimum Gasteiger partial charge on any atom is -0.324 e. The fourth-order valence-corrected chi connectivity index (χ4v) is 3.90. The second kappa shape index (κ2) is 8.55. The van der Waals surface area contributed by atoms with E-state index < -0.39 is 17.6 Å². The lowest BCUT2D eigenvalue weighted by atomic mass is 10.0. The molecule has 0 radical (unpaired) electrons. The highest BCUT2D eigenvalue weighted by atomic mass is 19.4. The van der Waals surface area contributed by atoms with Crippen LogP contribution >= 0.6 is 0 Å². The third-order valence-corrected chi connectivity index (χ3v) is 5.48. The van der Waals surface area contributed by atoms with Crippen molar-refractivity contribution in [1.29, 1.82) is 0 Å². The van der Waals surface area contributed by atoms with E-state index in [1.807, 2.05) is 37.3 Å². The van der Waals surface area contributed by atoms with Crippen molar-refractivity contribution in [3.05, 3.63) is 83.8 Å². The summed E-state index contributed by atoms with van der Waals surface area (Å²) in [6.45, 7) is 0.761. The lowest BCUT2D eigenvalue weighted by Gasteiger charge is -2.09. The molecule has 0 aliphatic carbocycles. The van der Waals surface area contributed by atoms with Crippen molar-refractivity contribution in [3.8, 4) is 11.1 Å². The SMILES string of the molecule is CN(C)Cc1ccc2nc(C(=O)Nc3nc4cc(-c5cccc(C(F)(F)F)c5)ccc4[nH]3)cn2c1. The Kier molecular flexibility index (Phi) is 5.52. The van der Waals surface area contributed by atoms with Gasteiger partial charge < -0.3 is 14.3 Å². The quantitative estimate of drug-likeness (QED) is 0.364. The first kappa shape index (κ1) is 22.6. The number of nitrogens with one attached hydrogen (secondary N) is 2. The van der Waals surface area contributed by atoms with Crippen molar-refractivity contribution >= 4 is 28.5 Å². The second-order valence-electron chi connectivity index (χ2n) is 8.52. The number of H-pyrrole nitrogens is 1. The van der Waals surface area contributed by atoms with Gasteiger partial charge in [-0.15, -0.1) is 0 Å². The molecule has 1 amide bonds. The largest absolute Gasteiger partial charge is 0.416 e. The molecule has 0 aliphatic rings. The number of aromatic amines is 1. The maximum absolute atomic E-state index is 13.1. The van der Waals surface area contributed by atoms with Gasteiger partial charge in [0.05, 0.1) is 16.6 Å². The molecule has 178 valence electrons. The van der Waals surface area contributed by atoms with E-state index >= 15 is 0 Å². The third kappa shape index (κ3) is 4.73. The number of amides is 1. The third-order valence-electron chi connectivity index (χ3n) is 5.48. The monoisotopic (exact) mass is 478 g/mol. The molecule has 7 nitrogen and oxygen atoms in total. The molecule has 10 heteroatoms. The molecule has 0 spiro atoms. The van der Waals surface area contributed by atoms with Crippen molar-refractivity contribution in [1.82, 2.24) is 24.3 Å². The summed E-state index contributed by atoms with van der Waals surface area (Å²) < 4.78 is 41.0. The van der Waals surface area contributed by atoms with Gasteiger partial charge in [-0.25, -0.2) is 9.97 Å². The summed E-state index contributed by atoms with van der Waals surface area (Å²) in [5.41, 5.74) is 3.41. The zero-order valence-corrected chi connectivity index (χ0v) is 18.9. The molecule has 0 saturated heterocycles. The van der Waals surface area contributed by atoms with E-state index in [1.54, 1.807) is 34.9 Å². The first-order valence-electron chi connectivity index (χ1n) is 10.8. The lowest BCUT2D eigenvalue weighted by Crippen LogP contribution is -2.13. The summed E-state index contributed by atoms with van der Waals surface area (Å²) in [6.07, 6.45) is -0.844. The highest BCUT2D eigenvalue weighted by Gasteiger charge is 2.30. The molecule has 3 heterocycles. The summed E-state index contributed by atoms with van der Waals surface area (Å²) in [7, 11) is 3.96. The zero-order chi connectivity index (χ0) is 24.7. The summed E-state index contributed by atoms with van der Waals surface area (Å²) in [5, 5.41) is 2.71. The molecule has 0 atom stereocenters. The number of halogens is 3. The number of nitrogens with zero attached hydrogens (tertiary/aromatic N) is 4. The van der Waals surface area contributed by atoms with Gasteiger partial charge in [-0.3, -0.25) is 10.1 Å². The Balaban J connectivity index is 1.38. The molecule has 5 rings (SSSR count). The standard InChI is InChI=1S/C25H21F3N6O/c1-33(2)12-15-6-9-22-29-21(14-34(22)13-15)23(35)32-24-30-19-8-7-17(11-20(19)31-24)16-4-3-5-18(10-16)25(26,27)28/h3-11,13-14H,12H2,1-2H3,(H2,30,31,32,35). The van der Waals surface area contributed by atoms with Crippen LogP contribution in [0.3, 0.4) is 0 Å². The van der Waals surface area contributed by atoms with Crippen molar-refractivity contribution in [2.45, 2.75) is 12.7 Å². The zero-order valence-electron chi connectivity index (χ0n) is 18.9.